The minimum atomic E-state index is 0.236. The molecule has 0 aliphatic carbocycles. The van der Waals surface area contributed by atoms with E-state index in [9.17, 15) is 0 Å². The molecule has 2 rings (SSSR count). The van der Waals surface area contributed by atoms with E-state index in [0.717, 1.165) is 22.8 Å². The van der Waals surface area contributed by atoms with Gasteiger partial charge in [0.2, 0.25) is 0 Å². The highest BCUT2D eigenvalue weighted by Crippen LogP contribution is 2.21. The number of anilines is 1. The van der Waals surface area contributed by atoms with E-state index in [2.05, 4.69) is 39.7 Å². The number of aryl methyl sites for hydroxylation is 1. The largest absolute Gasteiger partial charge is 0.355 e. The van der Waals surface area contributed by atoms with Gasteiger partial charge in [-0.1, -0.05) is 6.92 Å². The number of aromatic nitrogens is 3. The van der Waals surface area contributed by atoms with Crippen LogP contribution in [0.25, 0.3) is 0 Å². The zero-order valence-corrected chi connectivity index (χ0v) is 9.64. The summed E-state index contributed by atoms with van der Waals surface area (Å²) in [6.07, 6.45) is 4.70. The van der Waals surface area contributed by atoms with Crippen LogP contribution in [0.5, 0.6) is 0 Å². The monoisotopic (exact) mass is 222 g/mol. The molecule has 5 heteroatoms. The summed E-state index contributed by atoms with van der Waals surface area (Å²) >= 11 is 1.65. The van der Waals surface area contributed by atoms with Crippen LogP contribution in [0.15, 0.2) is 17.8 Å². The van der Waals surface area contributed by atoms with Crippen molar-refractivity contribution < 1.29 is 0 Å². The second-order valence-electron chi connectivity index (χ2n) is 3.40. The van der Waals surface area contributed by atoms with Gasteiger partial charge >= 0.3 is 0 Å². The van der Waals surface area contributed by atoms with E-state index in [4.69, 9.17) is 0 Å². The molecule has 2 heterocycles. The molecule has 1 atom stereocenters. The Hall–Kier alpha value is -1.36. The van der Waals surface area contributed by atoms with E-state index in [1.54, 1.807) is 11.3 Å². The van der Waals surface area contributed by atoms with Gasteiger partial charge in [-0.2, -0.15) is 5.10 Å². The van der Waals surface area contributed by atoms with Gasteiger partial charge in [-0.15, -0.1) is 11.3 Å². The SMILES string of the molecule is CCc1csc(NC(C)c2cn[nH]c2)n1. The molecular weight excluding hydrogens is 208 g/mol. The first-order valence-corrected chi connectivity index (χ1v) is 5.87. The van der Waals surface area contributed by atoms with Gasteiger partial charge in [0, 0.05) is 17.1 Å². The van der Waals surface area contributed by atoms with Gasteiger partial charge in [0.05, 0.1) is 17.9 Å². The predicted octanol–water partition coefficient (Wildman–Crippen LogP) is 2.60. The first-order valence-electron chi connectivity index (χ1n) is 4.99. The smallest absolute Gasteiger partial charge is 0.183 e. The third-order valence-electron chi connectivity index (χ3n) is 2.27. The van der Waals surface area contributed by atoms with E-state index < -0.39 is 0 Å². The molecule has 80 valence electrons. The van der Waals surface area contributed by atoms with E-state index in [1.807, 2.05) is 12.4 Å². The van der Waals surface area contributed by atoms with E-state index >= 15 is 0 Å². The normalized spacial score (nSPS) is 12.7. The molecule has 0 aliphatic rings. The molecule has 2 N–H and O–H groups in total. The molecule has 0 fully saturated rings. The Morgan fingerprint density at radius 2 is 2.47 bits per heavy atom. The van der Waals surface area contributed by atoms with Crippen molar-refractivity contribution in [3.63, 3.8) is 0 Å². The lowest BCUT2D eigenvalue weighted by molar-refractivity contribution is 0.879. The number of rotatable bonds is 4. The molecule has 0 bridgehead atoms. The third-order valence-corrected chi connectivity index (χ3v) is 3.10. The summed E-state index contributed by atoms with van der Waals surface area (Å²) in [5.74, 6) is 0. The number of thiazole rings is 1. The van der Waals surface area contributed by atoms with Gasteiger partial charge in [0.1, 0.15) is 0 Å². The molecule has 15 heavy (non-hydrogen) atoms. The number of H-pyrrole nitrogens is 1. The van der Waals surface area contributed by atoms with Crippen molar-refractivity contribution in [2.24, 2.45) is 0 Å². The van der Waals surface area contributed by atoms with Crippen LogP contribution >= 0.6 is 11.3 Å². The lowest BCUT2D eigenvalue weighted by Crippen LogP contribution is -2.05. The maximum atomic E-state index is 4.46. The molecule has 0 saturated heterocycles. The minimum absolute atomic E-state index is 0.236. The van der Waals surface area contributed by atoms with Crippen molar-refractivity contribution >= 4 is 16.5 Å². The van der Waals surface area contributed by atoms with Crippen molar-refractivity contribution in [1.29, 1.82) is 0 Å². The first kappa shape index (κ1) is 10.2. The van der Waals surface area contributed by atoms with Crippen molar-refractivity contribution in [2.45, 2.75) is 26.3 Å². The summed E-state index contributed by atoms with van der Waals surface area (Å²) in [5, 5.41) is 13.1. The topological polar surface area (TPSA) is 53.6 Å². The fourth-order valence-electron chi connectivity index (χ4n) is 1.30. The van der Waals surface area contributed by atoms with E-state index in [-0.39, 0.29) is 6.04 Å². The van der Waals surface area contributed by atoms with Crippen molar-refractivity contribution in [1.82, 2.24) is 15.2 Å². The second kappa shape index (κ2) is 4.44. The summed E-state index contributed by atoms with van der Waals surface area (Å²) in [5.41, 5.74) is 2.28. The number of nitrogens with zero attached hydrogens (tertiary/aromatic N) is 2. The van der Waals surface area contributed by atoms with Gasteiger partial charge in [-0.05, 0) is 13.3 Å². The fourth-order valence-corrected chi connectivity index (χ4v) is 2.18. The molecule has 1 unspecified atom stereocenters. The molecule has 0 aliphatic heterocycles. The first-order chi connectivity index (χ1) is 7.29. The predicted molar refractivity (Wildman–Crippen MR) is 62.1 cm³/mol. The average Bonchev–Trinajstić information content (AvgIpc) is 2.87. The Bertz CT molecular complexity index is 407. The molecule has 0 saturated carbocycles. The Kier molecular flexibility index (Phi) is 3.01. The Morgan fingerprint density at radius 1 is 1.60 bits per heavy atom. The minimum Gasteiger partial charge on any atom is -0.355 e. The van der Waals surface area contributed by atoms with Gasteiger partial charge in [-0.25, -0.2) is 4.98 Å². The van der Waals surface area contributed by atoms with Crippen LogP contribution in [0.3, 0.4) is 0 Å². The number of nitrogens with one attached hydrogen (secondary N) is 2. The van der Waals surface area contributed by atoms with Crippen molar-refractivity contribution in [2.75, 3.05) is 5.32 Å². The third kappa shape index (κ3) is 2.36. The van der Waals surface area contributed by atoms with Crippen LogP contribution in [0.1, 0.15) is 31.1 Å². The highest BCUT2D eigenvalue weighted by Gasteiger charge is 2.08. The van der Waals surface area contributed by atoms with Crippen LogP contribution in [0, 0.1) is 0 Å². The molecule has 0 amide bonds. The Labute approximate surface area is 92.8 Å². The van der Waals surface area contributed by atoms with Gasteiger partial charge in [0.25, 0.3) is 0 Å². The summed E-state index contributed by atoms with van der Waals surface area (Å²) < 4.78 is 0. The summed E-state index contributed by atoms with van der Waals surface area (Å²) in [6, 6.07) is 0.236. The highest BCUT2D eigenvalue weighted by molar-refractivity contribution is 7.13. The van der Waals surface area contributed by atoms with Gasteiger partial charge in [-0.3, -0.25) is 5.10 Å². The van der Waals surface area contributed by atoms with Crippen LogP contribution in [0.4, 0.5) is 5.13 Å². The maximum Gasteiger partial charge on any atom is 0.183 e. The molecule has 0 spiro atoms. The van der Waals surface area contributed by atoms with Crippen molar-refractivity contribution in [3.05, 3.63) is 29.0 Å². The quantitative estimate of drug-likeness (QED) is 0.836. The maximum absolute atomic E-state index is 4.46. The van der Waals surface area contributed by atoms with Crippen LogP contribution in [0.2, 0.25) is 0 Å². The van der Waals surface area contributed by atoms with Gasteiger partial charge in [0.15, 0.2) is 5.13 Å². The number of hydrogen-bond donors (Lipinski definition) is 2. The molecule has 0 radical (unpaired) electrons. The van der Waals surface area contributed by atoms with E-state index in [0.29, 0.717) is 0 Å². The second-order valence-corrected chi connectivity index (χ2v) is 4.25. The summed E-state index contributed by atoms with van der Waals surface area (Å²) in [7, 11) is 0. The fraction of sp³-hybridized carbons (Fsp3) is 0.400. The standard InChI is InChI=1S/C10H14N4S/c1-3-9-6-15-10(14-9)13-7(2)8-4-11-12-5-8/h4-7H,3H2,1-2H3,(H,11,12)(H,13,14). The Morgan fingerprint density at radius 3 is 3.07 bits per heavy atom. The van der Waals surface area contributed by atoms with Crippen LogP contribution < -0.4 is 5.32 Å². The highest BCUT2D eigenvalue weighted by atomic mass is 32.1. The number of hydrogen-bond acceptors (Lipinski definition) is 4. The number of aromatic amines is 1. The van der Waals surface area contributed by atoms with Crippen molar-refractivity contribution in [3.8, 4) is 0 Å². The summed E-state index contributed by atoms with van der Waals surface area (Å²) in [4.78, 5) is 4.46. The Balaban J connectivity index is 2.02. The average molecular weight is 222 g/mol. The molecule has 4 nitrogen and oxygen atoms in total. The van der Waals surface area contributed by atoms with Gasteiger partial charge < -0.3 is 5.32 Å². The molecule has 2 aromatic rings. The zero-order valence-electron chi connectivity index (χ0n) is 8.82. The molecule has 2 aromatic heterocycles. The molecule has 0 aromatic carbocycles. The van der Waals surface area contributed by atoms with Crippen LogP contribution in [-0.2, 0) is 6.42 Å². The lowest BCUT2D eigenvalue weighted by atomic mass is 10.2. The van der Waals surface area contributed by atoms with Crippen LogP contribution in [-0.4, -0.2) is 15.2 Å². The van der Waals surface area contributed by atoms with E-state index in [1.165, 1.54) is 0 Å². The molecular formula is C10H14N4S. The summed E-state index contributed by atoms with van der Waals surface area (Å²) in [6.45, 7) is 4.20. The lowest BCUT2D eigenvalue weighted by Gasteiger charge is -2.09. The zero-order chi connectivity index (χ0) is 10.7.